The van der Waals surface area contributed by atoms with Crippen molar-refractivity contribution in [3.63, 3.8) is 0 Å². The number of carbonyl (C=O) groups is 4. The van der Waals surface area contributed by atoms with Gasteiger partial charge >= 0.3 is 11.9 Å². The third-order valence-electron chi connectivity index (χ3n) is 7.93. The molecule has 66 heavy (non-hydrogen) atoms. The van der Waals surface area contributed by atoms with E-state index in [1.807, 2.05) is 13.8 Å². The highest BCUT2D eigenvalue weighted by Crippen LogP contribution is 2.31. The van der Waals surface area contributed by atoms with Crippen molar-refractivity contribution in [2.24, 2.45) is 0 Å². The molecule has 5 aromatic rings. The van der Waals surface area contributed by atoms with Crippen molar-refractivity contribution in [2.45, 2.75) is 20.8 Å². The van der Waals surface area contributed by atoms with Gasteiger partial charge in [-0.2, -0.15) is 0 Å². The predicted molar refractivity (Wildman–Crippen MR) is 237 cm³/mol. The number of phenols is 1. The molecule has 0 atom stereocenters. The molecule has 0 aliphatic rings. The topological polar surface area (TPSA) is 192 Å². The van der Waals surface area contributed by atoms with Crippen LogP contribution in [-0.2, 0) is 18.9 Å². The summed E-state index contributed by atoms with van der Waals surface area (Å²) in [6.07, 6.45) is 0.723. The third-order valence-corrected chi connectivity index (χ3v) is 8.09. The molecule has 0 radical (unpaired) electrons. The monoisotopic (exact) mass is 948 g/mol. The van der Waals surface area contributed by atoms with E-state index in [1.54, 1.807) is 37.3 Å². The number of benzene rings is 5. The van der Waals surface area contributed by atoms with Crippen molar-refractivity contribution in [2.75, 3.05) is 67.9 Å². The maximum Gasteiger partial charge on any atom is 0.337 e. The number of aromatic carboxylic acids is 1. The first kappa shape index (κ1) is 57.2. The second-order valence-corrected chi connectivity index (χ2v) is 12.3. The highest BCUT2D eigenvalue weighted by Gasteiger charge is 2.23. The average molecular weight is 949 g/mol. The molecule has 5 rings (SSSR count). The molecule has 15 nitrogen and oxygen atoms in total. The predicted octanol–water partition coefficient (Wildman–Crippen LogP) is 9.39. The van der Waals surface area contributed by atoms with E-state index in [0.29, 0.717) is 42.8 Å². The van der Waals surface area contributed by atoms with Crippen LogP contribution in [-0.4, -0.2) is 102 Å². The van der Waals surface area contributed by atoms with Gasteiger partial charge in [-0.3, -0.25) is 9.59 Å². The number of carbonyl (C=O) groups excluding carboxylic acids is 3. The molecule has 0 saturated heterocycles. The molecule has 0 aromatic heterocycles. The van der Waals surface area contributed by atoms with E-state index in [9.17, 15) is 32.3 Å². The summed E-state index contributed by atoms with van der Waals surface area (Å²) in [5.74, 6) is -3.44. The molecule has 0 amide bonds. The lowest BCUT2D eigenvalue weighted by Gasteiger charge is -2.13. The largest absolute Gasteiger partial charge is 0.508 e. The van der Waals surface area contributed by atoms with Crippen LogP contribution in [0.2, 0.25) is 0 Å². The van der Waals surface area contributed by atoms with Gasteiger partial charge in [0.1, 0.15) is 35.2 Å². The number of rotatable bonds is 18. The van der Waals surface area contributed by atoms with Crippen LogP contribution in [0.15, 0.2) is 97.1 Å². The molecule has 0 unspecified atom stereocenters. The fraction of sp³-hybridized carbons (Fsp3) is 0.277. The molecule has 0 aliphatic heterocycles. The molecule has 0 heterocycles. The third kappa shape index (κ3) is 20.3. The molecular weight excluding hydrogens is 897 g/mol. The molecule has 19 heteroatoms. The average Bonchev–Trinajstić information content (AvgIpc) is 3.32. The molecule has 5 aromatic carbocycles. The van der Waals surface area contributed by atoms with Gasteiger partial charge in [0.25, 0.3) is 0 Å². The van der Waals surface area contributed by atoms with E-state index in [0.717, 1.165) is 12.4 Å². The van der Waals surface area contributed by atoms with Gasteiger partial charge in [0.2, 0.25) is 0 Å². The molecule has 0 spiro atoms. The van der Waals surface area contributed by atoms with E-state index in [-0.39, 0.29) is 59.0 Å². The van der Waals surface area contributed by atoms with Gasteiger partial charge in [-0.1, -0.05) is 35.9 Å². The van der Waals surface area contributed by atoms with Crippen molar-refractivity contribution < 1.29 is 85.2 Å². The molecule has 0 fully saturated rings. The van der Waals surface area contributed by atoms with Gasteiger partial charge in [-0.15, -0.1) is 0 Å². The Kier molecular flexibility index (Phi) is 28.4. The summed E-state index contributed by atoms with van der Waals surface area (Å²) >= 11 is 5.08. The van der Waals surface area contributed by atoms with Crippen molar-refractivity contribution in [1.29, 1.82) is 0 Å². The number of methoxy groups -OCH3 is 4. The molecule has 0 saturated carbocycles. The van der Waals surface area contributed by atoms with E-state index in [4.69, 9.17) is 50.2 Å². The number of esters is 1. The maximum absolute atomic E-state index is 14.6. The highest BCUT2D eigenvalue weighted by molar-refractivity contribution is 6.17. The fourth-order valence-corrected chi connectivity index (χ4v) is 4.76. The van der Waals surface area contributed by atoms with Crippen LogP contribution in [0.3, 0.4) is 0 Å². The Bertz CT molecular complexity index is 2220. The van der Waals surface area contributed by atoms with Gasteiger partial charge in [0, 0.05) is 43.1 Å². The number of hydrogen-bond acceptors (Lipinski definition) is 14. The zero-order valence-corrected chi connectivity index (χ0v) is 38.0. The Hall–Kier alpha value is -6.86. The Balaban J connectivity index is 0.000000452. The summed E-state index contributed by atoms with van der Waals surface area (Å²) in [7, 11) is 5.39. The Morgan fingerprint density at radius 2 is 1.09 bits per heavy atom. The normalized spacial score (nSPS) is 9.74. The van der Waals surface area contributed by atoms with Crippen LogP contribution in [0.25, 0.3) is 0 Å². The SMILES string of the molecule is CCOCCl.CCOCOc1ccc(OC)c(F)c1.CCOCOc1ccc(OC)c(F)c1C(=O)c1ccc(C(=O)O)cc1.COC(=O)c1ccc(C=O)cc1.COc1ccc(O)cc1F. The summed E-state index contributed by atoms with van der Waals surface area (Å²) in [6, 6.07) is 22.6. The van der Waals surface area contributed by atoms with E-state index >= 15 is 0 Å². The number of hydrogen-bond donors (Lipinski definition) is 2. The lowest BCUT2D eigenvalue weighted by molar-refractivity contribution is 0.0216. The lowest BCUT2D eigenvalue weighted by atomic mass is 10.00. The van der Waals surface area contributed by atoms with Gasteiger partial charge in [0.05, 0.1) is 39.6 Å². The Morgan fingerprint density at radius 3 is 1.55 bits per heavy atom. The van der Waals surface area contributed by atoms with Crippen LogP contribution in [0, 0.1) is 17.5 Å². The first-order valence-corrected chi connectivity index (χ1v) is 20.0. The van der Waals surface area contributed by atoms with Crippen molar-refractivity contribution in [3.8, 4) is 34.5 Å². The van der Waals surface area contributed by atoms with E-state index < -0.39 is 35.2 Å². The van der Waals surface area contributed by atoms with Crippen LogP contribution in [0.1, 0.15) is 67.8 Å². The number of phenolic OH excluding ortho intramolecular Hbond substituents is 1. The smallest absolute Gasteiger partial charge is 0.337 e. The molecule has 2 N–H and O–H groups in total. The standard InChI is InChI=1S/C18H17FO6.C10H13FO3.C9H8O3.C7H7FO2.C3H7ClO/c1-3-24-10-25-13-8-9-14(23-2)16(19)15(13)17(20)11-4-6-12(7-5-11)18(21)22;1-3-13-7-14-8-4-5-10(12-2)9(11)6-8;1-12-9(11)8-4-2-7(6-10)3-5-8;1-10-7-3-2-5(9)4-6(7)8;1-2-5-3-4/h4-9H,3,10H2,1-2H3,(H,21,22);4-6H,3,7H2,1-2H3;2-6H,1H3;2-4,9H,1H3;2-3H2,1H3. The van der Waals surface area contributed by atoms with Crippen LogP contribution >= 0.6 is 11.6 Å². The Labute approximate surface area is 385 Å². The molecule has 0 bridgehead atoms. The lowest BCUT2D eigenvalue weighted by Crippen LogP contribution is -2.11. The molecular formula is C47H52ClF3O15. The number of ketones is 1. The van der Waals surface area contributed by atoms with Crippen LogP contribution < -0.4 is 23.7 Å². The van der Waals surface area contributed by atoms with Crippen molar-refractivity contribution in [1.82, 2.24) is 0 Å². The van der Waals surface area contributed by atoms with Gasteiger partial charge in [-0.05, 0) is 81.4 Å². The Morgan fingerprint density at radius 1 is 0.606 bits per heavy atom. The van der Waals surface area contributed by atoms with Crippen LogP contribution in [0.4, 0.5) is 13.2 Å². The number of carboxylic acid groups (broad SMARTS) is 1. The minimum Gasteiger partial charge on any atom is -0.508 e. The second-order valence-electron chi connectivity index (χ2n) is 12.1. The molecule has 0 aliphatic carbocycles. The maximum atomic E-state index is 14.6. The van der Waals surface area contributed by atoms with Gasteiger partial charge in [-0.25, -0.2) is 22.8 Å². The fourth-order valence-electron chi connectivity index (χ4n) is 4.60. The minimum atomic E-state index is -1.12. The highest BCUT2D eigenvalue weighted by atomic mass is 35.5. The summed E-state index contributed by atoms with van der Waals surface area (Å²) in [5.41, 5.74) is 0.835. The number of alkyl halides is 1. The number of ether oxygens (including phenoxy) is 9. The quantitative estimate of drug-likeness (QED) is 0.0211. The number of carboxylic acids is 1. The number of aromatic hydroxyl groups is 1. The number of aldehydes is 1. The van der Waals surface area contributed by atoms with Crippen LogP contribution in [0.5, 0.6) is 34.5 Å². The summed E-state index contributed by atoms with van der Waals surface area (Å²) in [5, 5.41) is 17.7. The summed E-state index contributed by atoms with van der Waals surface area (Å²) < 4.78 is 84.1. The van der Waals surface area contributed by atoms with Gasteiger partial charge < -0.3 is 52.8 Å². The first-order chi connectivity index (χ1) is 31.7. The van der Waals surface area contributed by atoms with E-state index in [1.165, 1.54) is 89.1 Å². The van der Waals surface area contributed by atoms with Gasteiger partial charge in [0.15, 0.2) is 54.1 Å². The zero-order valence-electron chi connectivity index (χ0n) is 37.3. The summed E-state index contributed by atoms with van der Waals surface area (Å²) in [6.45, 7) is 7.21. The minimum absolute atomic E-state index is 0.0130. The number of halogens is 4. The molecule has 358 valence electrons. The first-order valence-electron chi connectivity index (χ1n) is 19.5. The zero-order chi connectivity index (χ0) is 49.4. The van der Waals surface area contributed by atoms with E-state index in [2.05, 4.69) is 14.2 Å². The summed E-state index contributed by atoms with van der Waals surface area (Å²) in [4.78, 5) is 44.7. The van der Waals surface area contributed by atoms with Crippen molar-refractivity contribution in [3.05, 3.63) is 142 Å². The second kappa shape index (κ2) is 32.7. The van der Waals surface area contributed by atoms with Crippen molar-refractivity contribution >= 4 is 35.6 Å².